The highest BCUT2D eigenvalue weighted by atomic mass is 32.1. The molecular formula is C31H26N4O2S. The minimum absolute atomic E-state index is 0.118. The molecule has 0 saturated carbocycles. The van der Waals surface area contributed by atoms with Crippen LogP contribution in [0.2, 0.25) is 0 Å². The minimum atomic E-state index is -0.129. The van der Waals surface area contributed by atoms with E-state index in [0.29, 0.717) is 5.11 Å². The first-order chi connectivity index (χ1) is 18.6. The lowest BCUT2D eigenvalue weighted by Crippen LogP contribution is -2.29. The number of aromatic nitrogens is 2. The number of rotatable bonds is 4. The van der Waals surface area contributed by atoms with Crippen molar-refractivity contribution in [3.63, 3.8) is 0 Å². The molecule has 2 aliphatic heterocycles. The van der Waals surface area contributed by atoms with Crippen molar-refractivity contribution in [2.24, 2.45) is 0 Å². The van der Waals surface area contributed by atoms with Gasteiger partial charge >= 0.3 is 0 Å². The molecule has 7 heteroatoms. The van der Waals surface area contributed by atoms with E-state index in [0.717, 1.165) is 28.6 Å². The van der Waals surface area contributed by atoms with Crippen LogP contribution >= 0.6 is 12.2 Å². The summed E-state index contributed by atoms with van der Waals surface area (Å²) in [4.78, 5) is 6.90. The van der Waals surface area contributed by atoms with Crippen LogP contribution in [0.1, 0.15) is 34.7 Å². The Hall–Kier alpha value is -4.36. The van der Waals surface area contributed by atoms with Crippen LogP contribution in [0.5, 0.6) is 11.5 Å². The molecule has 0 spiro atoms. The number of nitrogens with one attached hydrogen (secondary N) is 1. The van der Waals surface area contributed by atoms with Crippen LogP contribution in [0.25, 0.3) is 16.5 Å². The molecule has 4 heterocycles. The van der Waals surface area contributed by atoms with E-state index in [9.17, 15) is 0 Å². The number of hydrogen-bond donors (Lipinski definition) is 1. The number of pyridine rings is 1. The molecule has 0 aliphatic carbocycles. The smallest absolute Gasteiger partial charge is 0.231 e. The van der Waals surface area contributed by atoms with Gasteiger partial charge in [-0.15, -0.1) is 0 Å². The van der Waals surface area contributed by atoms with Crippen molar-refractivity contribution in [1.29, 1.82) is 0 Å². The third kappa shape index (κ3) is 3.54. The Morgan fingerprint density at radius 1 is 0.895 bits per heavy atom. The number of anilines is 1. The topological polar surface area (TPSA) is 51.6 Å². The molecule has 5 aromatic rings. The predicted octanol–water partition coefficient (Wildman–Crippen LogP) is 6.55. The highest BCUT2D eigenvalue weighted by Crippen LogP contribution is 2.46. The summed E-state index contributed by atoms with van der Waals surface area (Å²) in [5.41, 5.74) is 6.58. The Labute approximate surface area is 226 Å². The quantitative estimate of drug-likeness (QED) is 0.272. The zero-order valence-electron chi connectivity index (χ0n) is 21.1. The molecule has 0 amide bonds. The van der Waals surface area contributed by atoms with Gasteiger partial charge in [0, 0.05) is 34.7 Å². The van der Waals surface area contributed by atoms with Gasteiger partial charge in [0.05, 0.1) is 23.5 Å². The fraction of sp³-hybridized carbons (Fsp3) is 0.161. The van der Waals surface area contributed by atoms with Gasteiger partial charge in [-0.25, -0.2) is 0 Å². The third-order valence-corrected chi connectivity index (χ3v) is 7.84. The molecule has 6 nitrogen and oxygen atoms in total. The number of nitrogens with zero attached hydrogens (tertiary/aromatic N) is 3. The summed E-state index contributed by atoms with van der Waals surface area (Å²) in [5, 5.41) is 6.66. The number of benzene rings is 3. The van der Waals surface area contributed by atoms with E-state index in [-0.39, 0.29) is 18.9 Å². The van der Waals surface area contributed by atoms with Gasteiger partial charge in [0.1, 0.15) is 0 Å². The highest BCUT2D eigenvalue weighted by Gasteiger charge is 2.42. The molecule has 2 unspecified atom stereocenters. The molecule has 0 bridgehead atoms. The molecule has 3 aromatic carbocycles. The van der Waals surface area contributed by atoms with E-state index in [2.05, 4.69) is 83.2 Å². The van der Waals surface area contributed by atoms with Gasteiger partial charge in [-0.2, -0.15) is 0 Å². The third-order valence-electron chi connectivity index (χ3n) is 7.53. The zero-order valence-corrected chi connectivity index (χ0v) is 21.9. The van der Waals surface area contributed by atoms with E-state index in [1.807, 2.05) is 36.5 Å². The van der Waals surface area contributed by atoms with Crippen LogP contribution in [0, 0.1) is 13.8 Å². The Kier molecular flexibility index (Phi) is 5.33. The monoisotopic (exact) mass is 518 g/mol. The summed E-state index contributed by atoms with van der Waals surface area (Å²) >= 11 is 5.95. The predicted molar refractivity (Wildman–Crippen MR) is 153 cm³/mol. The lowest BCUT2D eigenvalue weighted by molar-refractivity contribution is 0.174. The maximum Gasteiger partial charge on any atom is 0.231 e. The number of fused-ring (bicyclic) bond motifs is 2. The lowest BCUT2D eigenvalue weighted by atomic mass is 9.96. The van der Waals surface area contributed by atoms with Crippen molar-refractivity contribution in [2.75, 3.05) is 11.7 Å². The molecule has 188 valence electrons. The molecule has 7 rings (SSSR count). The summed E-state index contributed by atoms with van der Waals surface area (Å²) in [6, 6.07) is 29.0. The Balaban J connectivity index is 1.41. The van der Waals surface area contributed by atoms with Crippen molar-refractivity contribution in [2.45, 2.75) is 25.9 Å². The van der Waals surface area contributed by atoms with E-state index in [1.165, 1.54) is 27.7 Å². The van der Waals surface area contributed by atoms with Gasteiger partial charge in [-0.3, -0.25) is 4.98 Å². The molecule has 0 radical (unpaired) electrons. The van der Waals surface area contributed by atoms with Crippen LogP contribution in [0.4, 0.5) is 5.69 Å². The number of aryl methyl sites for hydroxylation is 1. The van der Waals surface area contributed by atoms with Gasteiger partial charge in [-0.1, -0.05) is 42.5 Å². The molecule has 2 atom stereocenters. The Morgan fingerprint density at radius 2 is 1.71 bits per heavy atom. The van der Waals surface area contributed by atoms with Crippen molar-refractivity contribution in [1.82, 2.24) is 14.9 Å². The normalized spacial score (nSPS) is 18.3. The Morgan fingerprint density at radius 3 is 2.58 bits per heavy atom. The SMILES string of the molecule is Cc1cc(C2C(c3ccccn3)NC(=S)N2c2ccc3c(c2)OCO3)c(C)n1-c1cccc2ccccc12. The van der Waals surface area contributed by atoms with E-state index < -0.39 is 0 Å². The fourth-order valence-corrected chi connectivity index (χ4v) is 6.19. The summed E-state index contributed by atoms with van der Waals surface area (Å²) in [6.45, 7) is 4.59. The average Bonchev–Trinajstić information content (AvgIpc) is 3.63. The van der Waals surface area contributed by atoms with Crippen molar-refractivity contribution < 1.29 is 9.47 Å². The summed E-state index contributed by atoms with van der Waals surface area (Å²) in [7, 11) is 0. The van der Waals surface area contributed by atoms with Crippen molar-refractivity contribution in [3.8, 4) is 17.2 Å². The number of thiocarbonyl (C=S) groups is 1. The summed E-state index contributed by atoms with van der Waals surface area (Å²) in [6.07, 6.45) is 1.83. The first-order valence-corrected chi connectivity index (χ1v) is 13.1. The van der Waals surface area contributed by atoms with Crippen LogP contribution < -0.4 is 19.7 Å². The maximum absolute atomic E-state index is 5.95. The van der Waals surface area contributed by atoms with Crippen LogP contribution in [0.15, 0.2) is 91.1 Å². The van der Waals surface area contributed by atoms with E-state index in [4.69, 9.17) is 26.7 Å². The first-order valence-electron chi connectivity index (χ1n) is 12.7. The van der Waals surface area contributed by atoms with Crippen molar-refractivity contribution in [3.05, 3.63) is 114 Å². The van der Waals surface area contributed by atoms with Gasteiger partial charge in [-0.05, 0) is 73.4 Å². The maximum atomic E-state index is 5.95. The zero-order chi connectivity index (χ0) is 25.8. The van der Waals surface area contributed by atoms with Gasteiger partial charge in [0.25, 0.3) is 0 Å². The van der Waals surface area contributed by atoms with Gasteiger partial charge < -0.3 is 24.3 Å². The summed E-state index contributed by atoms with van der Waals surface area (Å²) in [5.74, 6) is 1.48. The van der Waals surface area contributed by atoms with Crippen LogP contribution in [-0.2, 0) is 0 Å². The van der Waals surface area contributed by atoms with Gasteiger partial charge in [0.15, 0.2) is 16.6 Å². The fourth-order valence-electron chi connectivity index (χ4n) is 5.85. The minimum Gasteiger partial charge on any atom is -0.454 e. The molecule has 1 saturated heterocycles. The highest BCUT2D eigenvalue weighted by molar-refractivity contribution is 7.80. The van der Waals surface area contributed by atoms with Crippen LogP contribution in [0.3, 0.4) is 0 Å². The second kappa shape index (κ2) is 8.89. The molecule has 2 aromatic heterocycles. The second-order valence-corrected chi connectivity index (χ2v) is 10.1. The largest absolute Gasteiger partial charge is 0.454 e. The average molecular weight is 519 g/mol. The molecular weight excluding hydrogens is 492 g/mol. The first kappa shape index (κ1) is 22.8. The van der Waals surface area contributed by atoms with E-state index in [1.54, 1.807) is 0 Å². The molecule has 1 N–H and O–H groups in total. The molecule has 38 heavy (non-hydrogen) atoms. The van der Waals surface area contributed by atoms with Crippen LogP contribution in [-0.4, -0.2) is 21.5 Å². The standard InChI is InChI=1S/C31H26N4O2S/c1-19-16-24(20(2)34(19)26-12-7-9-21-8-3-4-10-23(21)26)30-29(25-11-5-6-15-32-25)33-31(38)35(30)22-13-14-27-28(17-22)37-18-36-27/h3-17,29-30H,18H2,1-2H3,(H,33,38). The molecule has 2 aliphatic rings. The Bertz CT molecular complexity index is 1690. The van der Waals surface area contributed by atoms with Gasteiger partial charge in [0.2, 0.25) is 6.79 Å². The number of ether oxygens (including phenoxy) is 2. The second-order valence-electron chi connectivity index (χ2n) is 9.69. The summed E-state index contributed by atoms with van der Waals surface area (Å²) < 4.78 is 13.6. The lowest BCUT2D eigenvalue weighted by Gasteiger charge is -2.28. The van der Waals surface area contributed by atoms with Crippen molar-refractivity contribution >= 4 is 33.8 Å². The van der Waals surface area contributed by atoms with E-state index >= 15 is 0 Å². The number of hydrogen-bond acceptors (Lipinski definition) is 4. The molecule has 1 fully saturated rings.